The molecule has 0 bridgehead atoms. The lowest BCUT2D eigenvalue weighted by Gasteiger charge is -2.21. The van der Waals surface area contributed by atoms with Crippen LogP contribution in [0.15, 0.2) is 28.7 Å². The number of nitrogens with zero attached hydrogens (tertiary/aromatic N) is 1. The first kappa shape index (κ1) is 16.1. The number of hydrogen-bond donors (Lipinski definition) is 1. The van der Waals surface area contributed by atoms with Crippen molar-refractivity contribution in [2.45, 2.75) is 52.7 Å². The van der Waals surface area contributed by atoms with Crippen molar-refractivity contribution in [2.24, 2.45) is 0 Å². The van der Waals surface area contributed by atoms with Crippen LogP contribution in [0.25, 0.3) is 11.0 Å². The highest BCUT2D eigenvalue weighted by Gasteiger charge is 2.17. The molecule has 1 aromatic carbocycles. The molecule has 0 radical (unpaired) electrons. The number of rotatable bonds is 6. The highest BCUT2D eigenvalue weighted by molar-refractivity contribution is 5.82. The quantitative estimate of drug-likeness (QED) is 0.865. The largest absolute Gasteiger partial charge is 0.459 e. The summed E-state index contributed by atoms with van der Waals surface area (Å²) in [6.45, 7) is 11.6. The van der Waals surface area contributed by atoms with Gasteiger partial charge >= 0.3 is 0 Å². The smallest absolute Gasteiger partial charge is 0.134 e. The van der Waals surface area contributed by atoms with Crippen molar-refractivity contribution in [3.8, 4) is 0 Å². The number of furan rings is 1. The molecule has 0 spiro atoms. The first-order valence-electron chi connectivity index (χ1n) is 7.83. The molecule has 0 aliphatic carbocycles. The molecule has 21 heavy (non-hydrogen) atoms. The molecule has 0 saturated heterocycles. The van der Waals surface area contributed by atoms with Crippen LogP contribution >= 0.6 is 0 Å². The fraction of sp³-hybridized carbons (Fsp3) is 0.556. The average Bonchev–Trinajstić information content (AvgIpc) is 2.73. The van der Waals surface area contributed by atoms with Crippen molar-refractivity contribution in [3.05, 3.63) is 35.6 Å². The molecule has 3 heteroatoms. The number of para-hydroxylation sites is 1. The van der Waals surface area contributed by atoms with E-state index < -0.39 is 0 Å². The Hall–Kier alpha value is -1.32. The van der Waals surface area contributed by atoms with E-state index in [4.69, 9.17) is 4.42 Å². The molecular weight excluding hydrogens is 260 g/mol. The molecule has 2 aromatic rings. The summed E-state index contributed by atoms with van der Waals surface area (Å²) in [6, 6.07) is 8.32. The van der Waals surface area contributed by atoms with E-state index in [2.05, 4.69) is 63.2 Å². The molecule has 0 aliphatic rings. The SMILES string of the molecule is CCCN(C)Cc1oc2ccccc2c1CNC(C)(C)C. The summed E-state index contributed by atoms with van der Waals surface area (Å²) in [5.41, 5.74) is 2.39. The predicted molar refractivity (Wildman–Crippen MR) is 89.4 cm³/mol. The van der Waals surface area contributed by atoms with Crippen LogP contribution in [-0.2, 0) is 13.1 Å². The monoisotopic (exact) mass is 288 g/mol. The lowest BCUT2D eigenvalue weighted by molar-refractivity contribution is 0.296. The molecule has 2 rings (SSSR count). The van der Waals surface area contributed by atoms with Gasteiger partial charge in [-0.15, -0.1) is 0 Å². The summed E-state index contributed by atoms with van der Waals surface area (Å²) in [4.78, 5) is 2.32. The van der Waals surface area contributed by atoms with Crippen molar-refractivity contribution in [3.63, 3.8) is 0 Å². The molecule has 0 fully saturated rings. The third-order valence-electron chi connectivity index (χ3n) is 3.60. The zero-order chi connectivity index (χ0) is 15.5. The van der Waals surface area contributed by atoms with Crippen molar-refractivity contribution in [1.29, 1.82) is 0 Å². The molecule has 1 N–H and O–H groups in total. The highest BCUT2D eigenvalue weighted by atomic mass is 16.3. The van der Waals surface area contributed by atoms with E-state index in [1.54, 1.807) is 0 Å². The third-order valence-corrected chi connectivity index (χ3v) is 3.60. The van der Waals surface area contributed by atoms with Crippen LogP contribution in [0.3, 0.4) is 0 Å². The van der Waals surface area contributed by atoms with E-state index in [0.717, 1.165) is 37.4 Å². The summed E-state index contributed by atoms with van der Waals surface area (Å²) in [7, 11) is 2.15. The molecule has 3 nitrogen and oxygen atoms in total. The van der Waals surface area contributed by atoms with Gasteiger partial charge in [0.15, 0.2) is 0 Å². The van der Waals surface area contributed by atoms with E-state index in [9.17, 15) is 0 Å². The van der Waals surface area contributed by atoms with Gasteiger partial charge in [0, 0.05) is 23.0 Å². The van der Waals surface area contributed by atoms with Crippen LogP contribution in [0.1, 0.15) is 45.4 Å². The topological polar surface area (TPSA) is 28.4 Å². The van der Waals surface area contributed by atoms with Crippen molar-refractivity contribution >= 4 is 11.0 Å². The maximum Gasteiger partial charge on any atom is 0.134 e. The van der Waals surface area contributed by atoms with Gasteiger partial charge in [-0.3, -0.25) is 4.90 Å². The summed E-state index contributed by atoms with van der Waals surface area (Å²) in [5.74, 6) is 1.09. The van der Waals surface area contributed by atoms with Crippen LogP contribution in [0, 0.1) is 0 Å². The first-order chi connectivity index (χ1) is 9.90. The lowest BCUT2D eigenvalue weighted by atomic mass is 10.1. The van der Waals surface area contributed by atoms with Gasteiger partial charge in [0.05, 0.1) is 6.54 Å². The van der Waals surface area contributed by atoms with Gasteiger partial charge in [0.25, 0.3) is 0 Å². The predicted octanol–water partition coefficient (Wildman–Crippen LogP) is 4.16. The molecule has 1 heterocycles. The van der Waals surface area contributed by atoms with E-state index in [1.807, 2.05) is 6.07 Å². The second-order valence-corrected chi connectivity index (χ2v) is 6.84. The van der Waals surface area contributed by atoms with Gasteiger partial charge in [-0.05, 0) is 46.9 Å². The van der Waals surface area contributed by atoms with Crippen LogP contribution < -0.4 is 5.32 Å². The number of fused-ring (bicyclic) bond motifs is 1. The average molecular weight is 288 g/mol. The van der Waals surface area contributed by atoms with E-state index >= 15 is 0 Å². The van der Waals surface area contributed by atoms with Gasteiger partial charge in [0.2, 0.25) is 0 Å². The summed E-state index contributed by atoms with van der Waals surface area (Å²) in [6.07, 6.45) is 1.16. The van der Waals surface area contributed by atoms with E-state index in [-0.39, 0.29) is 5.54 Å². The standard InChI is InChI=1S/C18H28N2O/c1-6-11-20(5)13-17-15(12-19-18(2,3)4)14-9-7-8-10-16(14)21-17/h7-10,19H,6,11-13H2,1-5H3. The Labute approximate surface area is 128 Å². The lowest BCUT2D eigenvalue weighted by Crippen LogP contribution is -2.35. The van der Waals surface area contributed by atoms with E-state index in [1.165, 1.54) is 10.9 Å². The maximum atomic E-state index is 6.10. The Balaban J connectivity index is 2.29. The van der Waals surface area contributed by atoms with Crippen molar-refractivity contribution in [1.82, 2.24) is 10.2 Å². The molecule has 1 aromatic heterocycles. The minimum absolute atomic E-state index is 0.102. The van der Waals surface area contributed by atoms with Gasteiger partial charge in [-0.2, -0.15) is 0 Å². The fourth-order valence-corrected chi connectivity index (χ4v) is 2.53. The molecule has 0 atom stereocenters. The zero-order valence-corrected chi connectivity index (χ0v) is 14.0. The van der Waals surface area contributed by atoms with Crippen molar-refractivity contribution in [2.75, 3.05) is 13.6 Å². The Kier molecular flexibility index (Phi) is 5.07. The summed E-state index contributed by atoms with van der Waals surface area (Å²) in [5, 5.41) is 4.81. The maximum absolute atomic E-state index is 6.10. The normalized spacial score (nSPS) is 12.5. The molecule has 116 valence electrons. The Morgan fingerprint density at radius 1 is 1.19 bits per heavy atom. The Morgan fingerprint density at radius 2 is 1.90 bits per heavy atom. The van der Waals surface area contributed by atoms with Crippen LogP contribution in [0.5, 0.6) is 0 Å². The second kappa shape index (κ2) is 6.63. The summed E-state index contributed by atoms with van der Waals surface area (Å²) >= 11 is 0. The minimum Gasteiger partial charge on any atom is -0.459 e. The zero-order valence-electron chi connectivity index (χ0n) is 14.0. The van der Waals surface area contributed by atoms with Gasteiger partial charge in [0.1, 0.15) is 11.3 Å². The molecule has 0 unspecified atom stereocenters. The Bertz CT molecular complexity index is 580. The fourth-order valence-electron chi connectivity index (χ4n) is 2.53. The number of hydrogen-bond acceptors (Lipinski definition) is 3. The van der Waals surface area contributed by atoms with Gasteiger partial charge < -0.3 is 9.73 Å². The third kappa shape index (κ3) is 4.32. The van der Waals surface area contributed by atoms with Gasteiger partial charge in [-0.25, -0.2) is 0 Å². The van der Waals surface area contributed by atoms with Crippen molar-refractivity contribution < 1.29 is 4.42 Å². The Morgan fingerprint density at radius 3 is 2.57 bits per heavy atom. The first-order valence-corrected chi connectivity index (χ1v) is 7.83. The van der Waals surface area contributed by atoms with Crippen LogP contribution in [0.4, 0.5) is 0 Å². The molecule has 0 aliphatic heterocycles. The number of nitrogens with one attached hydrogen (secondary N) is 1. The molecular formula is C18H28N2O. The van der Waals surface area contributed by atoms with E-state index in [0.29, 0.717) is 0 Å². The summed E-state index contributed by atoms with van der Waals surface area (Å²) < 4.78 is 6.10. The van der Waals surface area contributed by atoms with Crippen LogP contribution in [0.2, 0.25) is 0 Å². The van der Waals surface area contributed by atoms with Gasteiger partial charge in [-0.1, -0.05) is 25.1 Å². The highest BCUT2D eigenvalue weighted by Crippen LogP contribution is 2.27. The van der Waals surface area contributed by atoms with Crippen LogP contribution in [-0.4, -0.2) is 24.0 Å². The second-order valence-electron chi connectivity index (χ2n) is 6.84. The minimum atomic E-state index is 0.102. The molecule has 0 amide bonds. The number of benzene rings is 1. The molecule has 0 saturated carbocycles.